The predicted octanol–water partition coefficient (Wildman–Crippen LogP) is 0.174. The van der Waals surface area contributed by atoms with Gasteiger partial charge in [0.1, 0.15) is 0 Å². The molecule has 1 aliphatic rings. The van der Waals surface area contributed by atoms with Crippen molar-refractivity contribution in [2.75, 3.05) is 19.6 Å². The van der Waals surface area contributed by atoms with Crippen molar-refractivity contribution < 1.29 is 13.6 Å². The normalized spacial score (nSPS) is 19.7. The summed E-state index contributed by atoms with van der Waals surface area (Å²) in [4.78, 5) is 0. The Labute approximate surface area is 108 Å². The van der Waals surface area contributed by atoms with Crippen molar-refractivity contribution in [2.45, 2.75) is 39.2 Å². The third kappa shape index (κ3) is 3.56. The molecular weight excluding hydrogens is 256 g/mol. The van der Waals surface area contributed by atoms with Gasteiger partial charge in [0.15, 0.2) is 5.84 Å². The molecule has 0 aromatic carbocycles. The summed E-state index contributed by atoms with van der Waals surface area (Å²) >= 11 is 0. The third-order valence-electron chi connectivity index (χ3n) is 2.96. The molecule has 1 aliphatic heterocycles. The van der Waals surface area contributed by atoms with Crippen molar-refractivity contribution in [3.63, 3.8) is 0 Å². The zero-order chi connectivity index (χ0) is 13.8. The summed E-state index contributed by atoms with van der Waals surface area (Å²) in [5, 5.41) is 11.4. The standard InChI is InChI=1S/C10H22N4O3S/c1-9(2)14(8-10(11)12-15)18(16,17)13-6-4-3-5-7-13/h9,15H,3-8H2,1-2H3,(H2,11,12). The molecular formula is C10H22N4O3S. The molecule has 0 aromatic rings. The van der Waals surface area contributed by atoms with Crippen LogP contribution in [0.3, 0.4) is 0 Å². The molecule has 1 heterocycles. The molecule has 0 radical (unpaired) electrons. The second kappa shape index (κ2) is 6.35. The molecule has 0 aromatic heterocycles. The average molecular weight is 278 g/mol. The van der Waals surface area contributed by atoms with Gasteiger partial charge in [-0.15, -0.1) is 0 Å². The summed E-state index contributed by atoms with van der Waals surface area (Å²) < 4.78 is 27.6. The Morgan fingerprint density at radius 1 is 1.39 bits per heavy atom. The average Bonchev–Trinajstić information content (AvgIpc) is 2.36. The number of piperidine rings is 1. The molecule has 1 fully saturated rings. The van der Waals surface area contributed by atoms with Crippen LogP contribution in [0, 0.1) is 0 Å². The lowest BCUT2D eigenvalue weighted by Gasteiger charge is -2.33. The molecule has 18 heavy (non-hydrogen) atoms. The Kier molecular flexibility index (Phi) is 5.36. The SMILES string of the molecule is CC(C)N(CC(N)=NO)S(=O)(=O)N1CCCCC1. The summed E-state index contributed by atoms with van der Waals surface area (Å²) in [7, 11) is -3.53. The molecule has 0 amide bonds. The molecule has 3 N–H and O–H groups in total. The van der Waals surface area contributed by atoms with Gasteiger partial charge >= 0.3 is 0 Å². The number of nitrogens with zero attached hydrogens (tertiary/aromatic N) is 3. The fourth-order valence-corrected chi connectivity index (χ4v) is 3.81. The topological polar surface area (TPSA) is 99.2 Å². The highest BCUT2D eigenvalue weighted by atomic mass is 32.2. The van der Waals surface area contributed by atoms with E-state index in [0.29, 0.717) is 13.1 Å². The van der Waals surface area contributed by atoms with Gasteiger partial charge in [-0.25, -0.2) is 0 Å². The van der Waals surface area contributed by atoms with E-state index in [4.69, 9.17) is 10.9 Å². The lowest BCUT2D eigenvalue weighted by molar-refractivity contribution is 0.288. The van der Waals surface area contributed by atoms with Gasteiger partial charge in [0, 0.05) is 19.1 Å². The Bertz CT molecular complexity index is 388. The van der Waals surface area contributed by atoms with Gasteiger partial charge in [-0.1, -0.05) is 11.6 Å². The number of amidine groups is 1. The van der Waals surface area contributed by atoms with Crippen LogP contribution in [0.2, 0.25) is 0 Å². The fourth-order valence-electron chi connectivity index (χ4n) is 1.97. The first kappa shape index (κ1) is 15.2. The minimum atomic E-state index is -3.53. The van der Waals surface area contributed by atoms with Gasteiger partial charge in [0.25, 0.3) is 10.2 Å². The van der Waals surface area contributed by atoms with Crippen molar-refractivity contribution in [3.8, 4) is 0 Å². The van der Waals surface area contributed by atoms with Crippen LogP contribution >= 0.6 is 0 Å². The maximum Gasteiger partial charge on any atom is 0.282 e. The Balaban J connectivity index is 2.89. The third-order valence-corrected chi connectivity index (χ3v) is 5.12. The van der Waals surface area contributed by atoms with E-state index in [9.17, 15) is 8.42 Å². The first-order valence-electron chi connectivity index (χ1n) is 6.13. The van der Waals surface area contributed by atoms with Crippen LogP contribution in [0.25, 0.3) is 0 Å². The summed E-state index contributed by atoms with van der Waals surface area (Å²) in [6.45, 7) is 4.54. The largest absolute Gasteiger partial charge is 0.409 e. The Morgan fingerprint density at radius 3 is 2.39 bits per heavy atom. The molecule has 0 spiro atoms. The lowest BCUT2D eigenvalue weighted by atomic mass is 10.2. The molecule has 0 bridgehead atoms. The van der Waals surface area contributed by atoms with Crippen LogP contribution in [0.4, 0.5) is 0 Å². The molecule has 106 valence electrons. The summed E-state index contributed by atoms with van der Waals surface area (Å²) in [5.41, 5.74) is 5.41. The maximum absolute atomic E-state index is 12.4. The number of rotatable bonds is 5. The van der Waals surface area contributed by atoms with Crippen molar-refractivity contribution in [1.29, 1.82) is 0 Å². The molecule has 1 rings (SSSR count). The summed E-state index contributed by atoms with van der Waals surface area (Å²) in [6, 6.07) is -0.239. The minimum Gasteiger partial charge on any atom is -0.409 e. The van der Waals surface area contributed by atoms with E-state index in [1.54, 1.807) is 13.8 Å². The molecule has 8 heteroatoms. The van der Waals surface area contributed by atoms with Crippen LogP contribution in [0.15, 0.2) is 5.16 Å². The number of hydrogen-bond acceptors (Lipinski definition) is 4. The zero-order valence-electron chi connectivity index (χ0n) is 10.9. The first-order chi connectivity index (χ1) is 8.39. The summed E-state index contributed by atoms with van der Waals surface area (Å²) in [5.74, 6) is -0.107. The molecule has 0 saturated carbocycles. The van der Waals surface area contributed by atoms with Crippen molar-refractivity contribution in [2.24, 2.45) is 10.9 Å². The zero-order valence-corrected chi connectivity index (χ0v) is 11.7. The van der Waals surface area contributed by atoms with Gasteiger partial charge in [0.05, 0.1) is 6.54 Å². The van der Waals surface area contributed by atoms with E-state index in [1.165, 1.54) is 8.61 Å². The van der Waals surface area contributed by atoms with Crippen LogP contribution in [-0.2, 0) is 10.2 Å². The second-order valence-electron chi connectivity index (χ2n) is 4.70. The number of nitrogens with two attached hydrogens (primary N) is 1. The van der Waals surface area contributed by atoms with Gasteiger partial charge in [0.2, 0.25) is 0 Å². The maximum atomic E-state index is 12.4. The predicted molar refractivity (Wildman–Crippen MR) is 69.6 cm³/mol. The van der Waals surface area contributed by atoms with E-state index in [-0.39, 0.29) is 18.4 Å². The lowest BCUT2D eigenvalue weighted by Crippen LogP contribution is -2.51. The molecule has 7 nitrogen and oxygen atoms in total. The van der Waals surface area contributed by atoms with E-state index in [2.05, 4.69) is 5.16 Å². The highest BCUT2D eigenvalue weighted by Gasteiger charge is 2.32. The first-order valence-corrected chi connectivity index (χ1v) is 7.52. The van der Waals surface area contributed by atoms with Crippen molar-refractivity contribution in [3.05, 3.63) is 0 Å². The second-order valence-corrected chi connectivity index (χ2v) is 6.58. The number of oxime groups is 1. The van der Waals surface area contributed by atoms with Crippen molar-refractivity contribution >= 4 is 16.0 Å². The van der Waals surface area contributed by atoms with Crippen LogP contribution in [0.5, 0.6) is 0 Å². The van der Waals surface area contributed by atoms with Gasteiger partial charge in [-0.3, -0.25) is 0 Å². The van der Waals surface area contributed by atoms with E-state index in [0.717, 1.165) is 19.3 Å². The molecule has 0 unspecified atom stereocenters. The summed E-state index contributed by atoms with van der Waals surface area (Å²) in [6.07, 6.45) is 2.83. The quantitative estimate of drug-likeness (QED) is 0.324. The Morgan fingerprint density at radius 2 is 1.94 bits per heavy atom. The smallest absolute Gasteiger partial charge is 0.282 e. The molecule has 1 saturated heterocycles. The highest BCUT2D eigenvalue weighted by Crippen LogP contribution is 2.18. The monoisotopic (exact) mass is 278 g/mol. The van der Waals surface area contributed by atoms with Gasteiger partial charge in [-0.05, 0) is 26.7 Å². The minimum absolute atomic E-state index is 0.0903. The Hall–Kier alpha value is -0.860. The van der Waals surface area contributed by atoms with Crippen LogP contribution in [0.1, 0.15) is 33.1 Å². The van der Waals surface area contributed by atoms with Crippen molar-refractivity contribution in [1.82, 2.24) is 8.61 Å². The van der Waals surface area contributed by atoms with E-state index >= 15 is 0 Å². The van der Waals surface area contributed by atoms with Crippen LogP contribution in [-0.4, -0.2) is 53.7 Å². The van der Waals surface area contributed by atoms with Gasteiger partial charge in [-0.2, -0.15) is 17.0 Å². The van der Waals surface area contributed by atoms with E-state index < -0.39 is 10.2 Å². The van der Waals surface area contributed by atoms with Crippen LogP contribution < -0.4 is 5.73 Å². The van der Waals surface area contributed by atoms with E-state index in [1.807, 2.05) is 0 Å². The molecule has 0 atom stereocenters. The van der Waals surface area contributed by atoms with Gasteiger partial charge < -0.3 is 10.9 Å². The number of hydrogen-bond donors (Lipinski definition) is 2. The highest BCUT2D eigenvalue weighted by molar-refractivity contribution is 7.86. The fraction of sp³-hybridized carbons (Fsp3) is 0.900. The molecule has 0 aliphatic carbocycles.